The molecule has 96 valence electrons. The molecule has 0 radical (unpaired) electrons. The van der Waals surface area contributed by atoms with Crippen molar-refractivity contribution in [3.63, 3.8) is 0 Å². The first-order valence-electron chi connectivity index (χ1n) is 6.26. The van der Waals surface area contributed by atoms with E-state index in [0.29, 0.717) is 5.92 Å². The van der Waals surface area contributed by atoms with Crippen LogP contribution in [-0.2, 0) is 4.79 Å². The molecule has 1 aliphatic rings. The van der Waals surface area contributed by atoms with E-state index in [1.165, 1.54) is 5.56 Å². The molecule has 2 atom stereocenters. The van der Waals surface area contributed by atoms with E-state index in [-0.39, 0.29) is 11.8 Å². The number of rotatable bonds is 4. The standard InChI is InChI=1S/C15H14N2OS/c18-15(17-16-10-12-7-4-8-19-12)14-9-13(14)11-5-2-1-3-6-11/h1-8,10,13-14H,9H2,(H,17,18)/b16-10+/t13-,14+/m1/s1. The van der Waals surface area contributed by atoms with Crippen molar-refractivity contribution in [1.82, 2.24) is 5.43 Å². The van der Waals surface area contributed by atoms with Crippen molar-refractivity contribution in [3.8, 4) is 0 Å². The van der Waals surface area contributed by atoms with Crippen LogP contribution in [0.2, 0.25) is 0 Å². The van der Waals surface area contributed by atoms with Gasteiger partial charge in [-0.1, -0.05) is 36.4 Å². The number of hydrogen-bond acceptors (Lipinski definition) is 3. The SMILES string of the molecule is O=C(N/N=C/c1cccs1)[C@H]1C[C@@H]1c1ccccc1. The Balaban J connectivity index is 1.53. The minimum absolute atomic E-state index is 0.0154. The second kappa shape index (κ2) is 5.36. The van der Waals surface area contributed by atoms with E-state index < -0.39 is 0 Å². The summed E-state index contributed by atoms with van der Waals surface area (Å²) in [5.74, 6) is 0.447. The zero-order valence-electron chi connectivity index (χ0n) is 10.3. The first-order chi connectivity index (χ1) is 9.34. The monoisotopic (exact) mass is 270 g/mol. The molecule has 1 aliphatic carbocycles. The van der Waals surface area contributed by atoms with E-state index in [2.05, 4.69) is 22.7 Å². The number of carbonyl (C=O) groups is 1. The lowest BCUT2D eigenvalue weighted by Crippen LogP contribution is -2.19. The van der Waals surface area contributed by atoms with Gasteiger partial charge in [-0.3, -0.25) is 4.79 Å². The zero-order valence-corrected chi connectivity index (χ0v) is 11.1. The number of carbonyl (C=O) groups excluding carboxylic acids is 1. The van der Waals surface area contributed by atoms with Gasteiger partial charge in [-0.25, -0.2) is 5.43 Å². The van der Waals surface area contributed by atoms with Crippen LogP contribution in [0.3, 0.4) is 0 Å². The quantitative estimate of drug-likeness (QED) is 0.673. The minimum Gasteiger partial charge on any atom is -0.273 e. The summed E-state index contributed by atoms with van der Waals surface area (Å²) in [6.07, 6.45) is 2.60. The number of thiophene rings is 1. The summed E-state index contributed by atoms with van der Waals surface area (Å²) < 4.78 is 0. The molecule has 1 N–H and O–H groups in total. The van der Waals surface area contributed by atoms with E-state index in [1.807, 2.05) is 35.7 Å². The number of nitrogens with one attached hydrogen (secondary N) is 1. The highest BCUT2D eigenvalue weighted by Gasteiger charge is 2.43. The molecule has 1 saturated carbocycles. The second-order valence-electron chi connectivity index (χ2n) is 4.61. The molecule has 1 aromatic heterocycles. The van der Waals surface area contributed by atoms with Gasteiger partial charge in [0.1, 0.15) is 0 Å². The lowest BCUT2D eigenvalue weighted by molar-refractivity contribution is -0.122. The number of nitrogens with zero attached hydrogens (tertiary/aromatic N) is 1. The summed E-state index contributed by atoms with van der Waals surface area (Å²) in [5.41, 5.74) is 3.86. The van der Waals surface area contributed by atoms with Crippen LogP contribution in [0, 0.1) is 5.92 Å². The highest BCUT2D eigenvalue weighted by molar-refractivity contribution is 7.11. The van der Waals surface area contributed by atoms with Gasteiger partial charge in [0.25, 0.3) is 0 Å². The maximum Gasteiger partial charge on any atom is 0.243 e. The van der Waals surface area contributed by atoms with Crippen LogP contribution in [0.15, 0.2) is 52.9 Å². The van der Waals surface area contributed by atoms with Gasteiger partial charge in [0.15, 0.2) is 0 Å². The van der Waals surface area contributed by atoms with Crippen LogP contribution in [0.4, 0.5) is 0 Å². The third-order valence-corrected chi connectivity index (χ3v) is 4.07. The summed E-state index contributed by atoms with van der Waals surface area (Å²) in [6.45, 7) is 0. The van der Waals surface area contributed by atoms with E-state index in [4.69, 9.17) is 0 Å². The maximum atomic E-state index is 11.9. The zero-order chi connectivity index (χ0) is 13.1. The van der Waals surface area contributed by atoms with Gasteiger partial charge in [0.2, 0.25) is 5.91 Å². The first kappa shape index (κ1) is 12.1. The summed E-state index contributed by atoms with van der Waals surface area (Å²) in [4.78, 5) is 12.9. The van der Waals surface area contributed by atoms with Gasteiger partial charge in [-0.2, -0.15) is 5.10 Å². The van der Waals surface area contributed by atoms with Crippen LogP contribution in [0.25, 0.3) is 0 Å². The minimum atomic E-state index is 0.0154. The molecule has 19 heavy (non-hydrogen) atoms. The Kier molecular flexibility index (Phi) is 3.42. The van der Waals surface area contributed by atoms with Gasteiger partial charge in [0, 0.05) is 10.8 Å². The summed E-state index contributed by atoms with van der Waals surface area (Å²) in [5, 5.41) is 5.97. The van der Waals surface area contributed by atoms with Crippen molar-refractivity contribution in [3.05, 3.63) is 58.3 Å². The maximum absolute atomic E-state index is 11.9. The third kappa shape index (κ3) is 2.90. The molecule has 1 heterocycles. The highest BCUT2D eigenvalue weighted by atomic mass is 32.1. The van der Waals surface area contributed by atoms with Gasteiger partial charge >= 0.3 is 0 Å². The van der Waals surface area contributed by atoms with Crippen molar-refractivity contribution in [2.75, 3.05) is 0 Å². The molecule has 0 saturated heterocycles. The number of hydrazone groups is 1. The van der Waals surface area contributed by atoms with Crippen molar-refractivity contribution in [2.45, 2.75) is 12.3 Å². The average molecular weight is 270 g/mol. The van der Waals surface area contributed by atoms with E-state index >= 15 is 0 Å². The Morgan fingerprint density at radius 3 is 2.84 bits per heavy atom. The fourth-order valence-electron chi connectivity index (χ4n) is 2.16. The molecule has 0 aliphatic heterocycles. The van der Waals surface area contributed by atoms with E-state index in [1.54, 1.807) is 17.6 Å². The summed E-state index contributed by atoms with van der Waals surface area (Å²) in [6, 6.07) is 14.1. The van der Waals surface area contributed by atoms with Crippen molar-refractivity contribution in [2.24, 2.45) is 11.0 Å². The highest BCUT2D eigenvalue weighted by Crippen LogP contribution is 2.47. The smallest absolute Gasteiger partial charge is 0.243 e. The predicted molar refractivity (Wildman–Crippen MR) is 77.3 cm³/mol. The predicted octanol–water partition coefficient (Wildman–Crippen LogP) is 3.00. The fraction of sp³-hybridized carbons (Fsp3) is 0.200. The first-order valence-corrected chi connectivity index (χ1v) is 7.14. The second-order valence-corrected chi connectivity index (χ2v) is 5.59. The van der Waals surface area contributed by atoms with Gasteiger partial charge in [-0.15, -0.1) is 11.3 Å². The Labute approximate surface area is 116 Å². The molecule has 0 unspecified atom stereocenters. The molecule has 0 bridgehead atoms. The van der Waals surface area contributed by atoms with Gasteiger partial charge in [0.05, 0.1) is 6.21 Å². The van der Waals surface area contributed by atoms with Crippen molar-refractivity contribution in [1.29, 1.82) is 0 Å². The average Bonchev–Trinajstić information content (AvgIpc) is 3.09. The molecule has 3 rings (SSSR count). The van der Waals surface area contributed by atoms with Crippen LogP contribution >= 0.6 is 11.3 Å². The molecule has 2 aromatic rings. The van der Waals surface area contributed by atoms with Gasteiger partial charge < -0.3 is 0 Å². The van der Waals surface area contributed by atoms with E-state index in [9.17, 15) is 4.79 Å². The summed E-state index contributed by atoms with van der Waals surface area (Å²) >= 11 is 1.60. The topological polar surface area (TPSA) is 41.5 Å². The Bertz CT molecular complexity index is 577. The van der Waals surface area contributed by atoms with E-state index in [0.717, 1.165) is 11.3 Å². The molecular formula is C15H14N2OS. The molecule has 3 nitrogen and oxygen atoms in total. The third-order valence-electron chi connectivity index (χ3n) is 3.26. The number of amides is 1. The largest absolute Gasteiger partial charge is 0.273 e. The fourth-order valence-corrected chi connectivity index (χ4v) is 2.75. The normalized spacial score (nSPS) is 21.5. The molecular weight excluding hydrogens is 256 g/mol. The molecule has 4 heteroatoms. The van der Waals surface area contributed by atoms with Crippen LogP contribution in [-0.4, -0.2) is 12.1 Å². The molecule has 1 aromatic carbocycles. The Hall–Kier alpha value is -1.94. The number of hydrogen-bond donors (Lipinski definition) is 1. The molecule has 1 amide bonds. The molecule has 0 spiro atoms. The van der Waals surface area contributed by atoms with Crippen LogP contribution < -0.4 is 5.43 Å². The Morgan fingerprint density at radius 2 is 2.11 bits per heavy atom. The molecule has 1 fully saturated rings. The van der Waals surface area contributed by atoms with Crippen molar-refractivity contribution < 1.29 is 4.79 Å². The van der Waals surface area contributed by atoms with Gasteiger partial charge in [-0.05, 0) is 29.3 Å². The lowest BCUT2D eigenvalue weighted by atomic mass is 10.1. The van der Waals surface area contributed by atoms with Crippen molar-refractivity contribution >= 4 is 23.5 Å². The number of benzene rings is 1. The lowest BCUT2D eigenvalue weighted by Gasteiger charge is -1.99. The Morgan fingerprint density at radius 1 is 1.26 bits per heavy atom. The van der Waals surface area contributed by atoms with Crippen LogP contribution in [0.5, 0.6) is 0 Å². The van der Waals surface area contributed by atoms with Crippen LogP contribution in [0.1, 0.15) is 22.8 Å². The summed E-state index contributed by atoms with van der Waals surface area (Å²) in [7, 11) is 0.